The molecular formula is C13H26N2O2. The highest BCUT2D eigenvalue weighted by molar-refractivity contribution is 5.76. The third-order valence-corrected chi connectivity index (χ3v) is 3.49. The van der Waals surface area contributed by atoms with Crippen LogP contribution in [0.2, 0.25) is 0 Å². The first kappa shape index (κ1) is 14.5. The van der Waals surface area contributed by atoms with Crippen molar-refractivity contribution in [3.63, 3.8) is 0 Å². The molecule has 0 aliphatic carbocycles. The molecule has 1 saturated heterocycles. The fourth-order valence-corrected chi connectivity index (χ4v) is 2.17. The van der Waals surface area contributed by atoms with E-state index in [1.807, 2.05) is 18.7 Å². The molecular weight excluding hydrogens is 216 g/mol. The predicted molar refractivity (Wildman–Crippen MR) is 68.7 cm³/mol. The molecule has 1 aliphatic rings. The van der Waals surface area contributed by atoms with E-state index in [1.54, 1.807) is 7.11 Å². The largest absolute Gasteiger partial charge is 0.377 e. The molecule has 2 N–H and O–H groups in total. The number of amides is 1. The number of ether oxygens (including phenoxy) is 1. The van der Waals surface area contributed by atoms with Crippen LogP contribution < -0.4 is 5.73 Å². The van der Waals surface area contributed by atoms with Crippen molar-refractivity contribution in [3.05, 3.63) is 0 Å². The van der Waals surface area contributed by atoms with Crippen molar-refractivity contribution >= 4 is 5.91 Å². The summed E-state index contributed by atoms with van der Waals surface area (Å²) in [6.07, 6.45) is 3.30. The lowest BCUT2D eigenvalue weighted by Gasteiger charge is -2.39. The molecule has 0 aromatic rings. The number of likely N-dealkylation sites (tertiary alicyclic amines) is 1. The summed E-state index contributed by atoms with van der Waals surface area (Å²) < 4.78 is 5.49. The lowest BCUT2D eigenvalue weighted by atomic mass is 9.93. The molecule has 1 fully saturated rings. The highest BCUT2D eigenvalue weighted by Crippen LogP contribution is 2.24. The summed E-state index contributed by atoms with van der Waals surface area (Å²) in [7, 11) is 1.72. The zero-order chi connectivity index (χ0) is 13.1. The first-order valence-electron chi connectivity index (χ1n) is 6.38. The second kappa shape index (κ2) is 5.36. The summed E-state index contributed by atoms with van der Waals surface area (Å²) in [5.74, 6) is 0.200. The fourth-order valence-electron chi connectivity index (χ4n) is 2.17. The van der Waals surface area contributed by atoms with E-state index in [-0.39, 0.29) is 17.0 Å². The average molecular weight is 242 g/mol. The molecule has 0 aromatic carbocycles. The minimum Gasteiger partial charge on any atom is -0.377 e. The highest BCUT2D eigenvalue weighted by atomic mass is 16.5. The Morgan fingerprint density at radius 2 is 2.18 bits per heavy atom. The zero-order valence-corrected chi connectivity index (χ0v) is 11.6. The lowest BCUT2D eigenvalue weighted by Crippen LogP contribution is -2.50. The molecule has 1 atom stereocenters. The number of nitrogens with zero attached hydrogens (tertiary/aromatic N) is 1. The Hall–Kier alpha value is -0.610. The van der Waals surface area contributed by atoms with E-state index in [0.29, 0.717) is 13.0 Å². The Kier molecular flexibility index (Phi) is 4.55. The summed E-state index contributed by atoms with van der Waals surface area (Å²) in [5.41, 5.74) is 5.46. The van der Waals surface area contributed by atoms with Crippen LogP contribution in [0.25, 0.3) is 0 Å². The van der Waals surface area contributed by atoms with E-state index in [4.69, 9.17) is 10.5 Å². The van der Waals surface area contributed by atoms with Crippen LogP contribution in [0.15, 0.2) is 0 Å². The molecule has 1 amide bonds. The van der Waals surface area contributed by atoms with E-state index in [1.165, 1.54) is 0 Å². The van der Waals surface area contributed by atoms with Crippen molar-refractivity contribution < 1.29 is 9.53 Å². The van der Waals surface area contributed by atoms with E-state index >= 15 is 0 Å². The smallest absolute Gasteiger partial charge is 0.222 e. The van der Waals surface area contributed by atoms with Crippen LogP contribution >= 0.6 is 0 Å². The first-order valence-corrected chi connectivity index (χ1v) is 6.38. The summed E-state index contributed by atoms with van der Waals surface area (Å²) in [6, 6.07) is 0. The second-order valence-electron chi connectivity index (χ2n) is 6.06. The lowest BCUT2D eigenvalue weighted by molar-refractivity contribution is -0.139. The number of nitrogens with two attached hydrogens (primary N) is 1. The van der Waals surface area contributed by atoms with Gasteiger partial charge in [-0.15, -0.1) is 0 Å². The van der Waals surface area contributed by atoms with Crippen molar-refractivity contribution in [2.24, 2.45) is 5.73 Å². The van der Waals surface area contributed by atoms with Crippen molar-refractivity contribution in [3.8, 4) is 0 Å². The van der Waals surface area contributed by atoms with Gasteiger partial charge in [-0.3, -0.25) is 4.79 Å². The zero-order valence-electron chi connectivity index (χ0n) is 11.6. The number of piperidine rings is 1. The SMILES string of the molecule is COC1(C)CCCN(C(=O)CCC(C)(C)N)C1. The fraction of sp³-hybridized carbons (Fsp3) is 0.923. The number of hydrogen-bond acceptors (Lipinski definition) is 3. The van der Waals surface area contributed by atoms with E-state index < -0.39 is 0 Å². The molecule has 1 aliphatic heterocycles. The van der Waals surface area contributed by atoms with Crippen LogP contribution in [0.5, 0.6) is 0 Å². The number of carbonyl (C=O) groups is 1. The van der Waals surface area contributed by atoms with Crippen LogP contribution in [0, 0.1) is 0 Å². The molecule has 0 aromatic heterocycles. The number of rotatable bonds is 4. The molecule has 100 valence electrons. The summed E-state index contributed by atoms with van der Waals surface area (Å²) >= 11 is 0. The maximum atomic E-state index is 12.1. The van der Waals surface area contributed by atoms with Gasteiger partial charge in [-0.2, -0.15) is 0 Å². The quantitative estimate of drug-likeness (QED) is 0.813. The molecule has 0 saturated carbocycles. The van der Waals surface area contributed by atoms with Crippen LogP contribution in [0.3, 0.4) is 0 Å². The van der Waals surface area contributed by atoms with Gasteiger partial charge >= 0.3 is 0 Å². The Morgan fingerprint density at radius 3 is 2.71 bits per heavy atom. The van der Waals surface area contributed by atoms with Crippen molar-refractivity contribution in [1.82, 2.24) is 4.90 Å². The summed E-state index contributed by atoms with van der Waals surface area (Å²) in [6.45, 7) is 7.53. The first-order chi connectivity index (χ1) is 7.76. The Morgan fingerprint density at radius 1 is 1.53 bits per heavy atom. The molecule has 4 heteroatoms. The monoisotopic (exact) mass is 242 g/mol. The molecule has 0 spiro atoms. The Bertz CT molecular complexity index is 273. The van der Waals surface area contributed by atoms with Crippen LogP contribution in [0.1, 0.15) is 46.5 Å². The van der Waals surface area contributed by atoms with Gasteiger partial charge in [-0.25, -0.2) is 0 Å². The Balaban J connectivity index is 2.47. The average Bonchev–Trinajstić information content (AvgIpc) is 2.25. The van der Waals surface area contributed by atoms with E-state index in [2.05, 4.69) is 6.92 Å². The maximum absolute atomic E-state index is 12.1. The van der Waals surface area contributed by atoms with Crippen LogP contribution in [0.4, 0.5) is 0 Å². The van der Waals surface area contributed by atoms with E-state index in [9.17, 15) is 4.79 Å². The third-order valence-electron chi connectivity index (χ3n) is 3.49. The van der Waals surface area contributed by atoms with Gasteiger partial charge in [0.1, 0.15) is 0 Å². The standard InChI is InChI=1S/C13H26N2O2/c1-12(2,14)8-6-11(16)15-9-5-7-13(3,10-15)17-4/h5-10,14H2,1-4H3. The van der Waals surface area contributed by atoms with Gasteiger partial charge in [0, 0.05) is 32.2 Å². The summed E-state index contributed by atoms with van der Waals surface area (Å²) in [5, 5.41) is 0. The molecule has 1 rings (SSSR count). The van der Waals surface area contributed by atoms with E-state index in [0.717, 1.165) is 25.8 Å². The Labute approximate surface area is 104 Å². The highest BCUT2D eigenvalue weighted by Gasteiger charge is 2.32. The minimum absolute atomic E-state index is 0.174. The molecule has 1 unspecified atom stereocenters. The molecule has 0 radical (unpaired) electrons. The van der Waals surface area contributed by atoms with Crippen molar-refractivity contribution in [1.29, 1.82) is 0 Å². The predicted octanol–water partition coefficient (Wildman–Crippen LogP) is 1.53. The third kappa shape index (κ3) is 4.64. The van der Waals surface area contributed by atoms with Crippen molar-refractivity contribution in [2.75, 3.05) is 20.2 Å². The molecule has 4 nitrogen and oxygen atoms in total. The normalized spacial score (nSPS) is 26.1. The van der Waals surface area contributed by atoms with Crippen LogP contribution in [-0.2, 0) is 9.53 Å². The molecule has 17 heavy (non-hydrogen) atoms. The number of carbonyl (C=O) groups excluding carboxylic acids is 1. The van der Waals surface area contributed by atoms with Gasteiger partial charge in [-0.1, -0.05) is 0 Å². The minimum atomic E-state index is -0.268. The van der Waals surface area contributed by atoms with Gasteiger partial charge in [-0.05, 0) is 40.0 Å². The number of methoxy groups -OCH3 is 1. The topological polar surface area (TPSA) is 55.6 Å². The van der Waals surface area contributed by atoms with Crippen LogP contribution in [-0.4, -0.2) is 42.1 Å². The maximum Gasteiger partial charge on any atom is 0.222 e. The number of hydrogen-bond donors (Lipinski definition) is 1. The van der Waals surface area contributed by atoms with Gasteiger partial charge in [0.05, 0.1) is 5.60 Å². The van der Waals surface area contributed by atoms with Crippen molar-refractivity contribution in [2.45, 2.75) is 57.6 Å². The van der Waals surface area contributed by atoms with Gasteiger partial charge in [0.2, 0.25) is 5.91 Å². The molecule has 0 bridgehead atoms. The molecule has 1 heterocycles. The summed E-state index contributed by atoms with van der Waals surface area (Å²) in [4.78, 5) is 14.0. The second-order valence-corrected chi connectivity index (χ2v) is 6.06. The van der Waals surface area contributed by atoms with Gasteiger partial charge in [0.15, 0.2) is 0 Å². The van der Waals surface area contributed by atoms with Gasteiger partial charge < -0.3 is 15.4 Å². The van der Waals surface area contributed by atoms with Gasteiger partial charge in [0.25, 0.3) is 0 Å².